The third kappa shape index (κ3) is 7.20. The van der Waals surface area contributed by atoms with E-state index in [1.165, 1.54) is 7.11 Å². The molecular weight excluding hydrogens is 504 g/mol. The SMILES string of the molecule is COC(=O)C(Cc1ccc(OCCCON2C(=O)c3ccccc3C2=O)cc1)NC(=O)OCc1ccccc1. The van der Waals surface area contributed by atoms with E-state index in [0.717, 1.165) is 16.2 Å². The molecule has 1 heterocycles. The Morgan fingerprint density at radius 2 is 1.46 bits per heavy atom. The molecule has 0 saturated heterocycles. The van der Waals surface area contributed by atoms with Crippen LogP contribution in [0.4, 0.5) is 4.79 Å². The molecule has 3 aromatic rings. The number of hydrogen-bond acceptors (Lipinski definition) is 8. The van der Waals surface area contributed by atoms with Crippen LogP contribution in [0.3, 0.4) is 0 Å². The van der Waals surface area contributed by atoms with Crippen LogP contribution >= 0.6 is 0 Å². The number of esters is 1. The molecule has 202 valence electrons. The van der Waals surface area contributed by atoms with Crippen molar-refractivity contribution >= 4 is 23.9 Å². The van der Waals surface area contributed by atoms with Gasteiger partial charge in [-0.15, -0.1) is 5.06 Å². The van der Waals surface area contributed by atoms with Crippen LogP contribution in [-0.2, 0) is 32.1 Å². The number of hydrogen-bond donors (Lipinski definition) is 1. The predicted octanol–water partition coefficient (Wildman–Crippen LogP) is 3.69. The van der Waals surface area contributed by atoms with E-state index in [2.05, 4.69) is 5.32 Å². The molecule has 0 bridgehead atoms. The summed E-state index contributed by atoms with van der Waals surface area (Å²) in [7, 11) is 1.25. The second-order valence-electron chi connectivity index (χ2n) is 8.62. The monoisotopic (exact) mass is 532 g/mol. The summed E-state index contributed by atoms with van der Waals surface area (Å²) in [5, 5.41) is 3.33. The molecule has 1 atom stereocenters. The zero-order valence-corrected chi connectivity index (χ0v) is 21.3. The van der Waals surface area contributed by atoms with Gasteiger partial charge in [-0.05, 0) is 35.4 Å². The van der Waals surface area contributed by atoms with Gasteiger partial charge in [0.25, 0.3) is 11.8 Å². The maximum Gasteiger partial charge on any atom is 0.408 e. The summed E-state index contributed by atoms with van der Waals surface area (Å²) in [4.78, 5) is 54.4. The van der Waals surface area contributed by atoms with Gasteiger partial charge in [0.1, 0.15) is 18.4 Å². The van der Waals surface area contributed by atoms with E-state index in [4.69, 9.17) is 19.0 Å². The maximum absolute atomic E-state index is 12.3. The Bertz CT molecular complexity index is 1280. The summed E-state index contributed by atoms with van der Waals surface area (Å²) in [5.41, 5.74) is 2.25. The van der Waals surface area contributed by atoms with Gasteiger partial charge in [-0.1, -0.05) is 54.6 Å². The number of fused-ring (bicyclic) bond motifs is 1. The molecule has 0 aliphatic carbocycles. The minimum absolute atomic E-state index is 0.0793. The Labute approximate surface area is 225 Å². The molecule has 39 heavy (non-hydrogen) atoms. The van der Waals surface area contributed by atoms with Gasteiger partial charge < -0.3 is 19.5 Å². The average Bonchev–Trinajstić information content (AvgIpc) is 3.21. The van der Waals surface area contributed by atoms with Crippen LogP contribution in [-0.4, -0.2) is 55.3 Å². The topological polar surface area (TPSA) is 120 Å². The Kier molecular flexibility index (Phi) is 9.25. The number of carbonyl (C=O) groups excluding carboxylic acids is 4. The normalized spacial score (nSPS) is 13.0. The molecule has 3 amide bonds. The number of amides is 3. The zero-order chi connectivity index (χ0) is 27.6. The van der Waals surface area contributed by atoms with Gasteiger partial charge in [0.2, 0.25) is 0 Å². The first kappa shape index (κ1) is 27.3. The van der Waals surface area contributed by atoms with Crippen molar-refractivity contribution in [2.75, 3.05) is 20.3 Å². The number of carbonyl (C=O) groups is 4. The van der Waals surface area contributed by atoms with Crippen molar-refractivity contribution in [2.24, 2.45) is 0 Å². The van der Waals surface area contributed by atoms with Crippen LogP contribution in [0, 0.1) is 0 Å². The van der Waals surface area contributed by atoms with Crippen molar-refractivity contribution in [3.8, 4) is 5.75 Å². The Balaban J connectivity index is 1.20. The molecule has 0 spiro atoms. The number of imide groups is 1. The van der Waals surface area contributed by atoms with Crippen LogP contribution in [0.5, 0.6) is 5.75 Å². The minimum atomic E-state index is -0.927. The summed E-state index contributed by atoms with van der Waals surface area (Å²) in [6.45, 7) is 0.494. The van der Waals surface area contributed by atoms with Gasteiger partial charge in [-0.25, -0.2) is 9.59 Å². The molecule has 1 N–H and O–H groups in total. The summed E-state index contributed by atoms with van der Waals surface area (Å²) >= 11 is 0. The quantitative estimate of drug-likeness (QED) is 0.213. The maximum atomic E-state index is 12.3. The van der Waals surface area contributed by atoms with Gasteiger partial charge in [0.05, 0.1) is 31.5 Å². The van der Waals surface area contributed by atoms with E-state index >= 15 is 0 Å². The number of alkyl carbamates (subject to hydrolysis) is 1. The Hall–Kier alpha value is -4.70. The lowest BCUT2D eigenvalue weighted by molar-refractivity contribution is -0.143. The molecule has 4 rings (SSSR count). The third-order valence-electron chi connectivity index (χ3n) is 5.89. The smallest absolute Gasteiger partial charge is 0.408 e. The van der Waals surface area contributed by atoms with E-state index in [9.17, 15) is 19.2 Å². The van der Waals surface area contributed by atoms with Gasteiger partial charge in [-0.3, -0.25) is 14.4 Å². The van der Waals surface area contributed by atoms with Crippen molar-refractivity contribution in [1.82, 2.24) is 10.4 Å². The zero-order valence-electron chi connectivity index (χ0n) is 21.3. The Morgan fingerprint density at radius 3 is 2.10 bits per heavy atom. The first-order valence-corrected chi connectivity index (χ1v) is 12.3. The van der Waals surface area contributed by atoms with Crippen LogP contribution in [0.2, 0.25) is 0 Å². The van der Waals surface area contributed by atoms with E-state index in [1.54, 1.807) is 48.5 Å². The Morgan fingerprint density at radius 1 is 0.821 bits per heavy atom. The molecule has 0 fully saturated rings. The van der Waals surface area contributed by atoms with Crippen LogP contribution in [0.1, 0.15) is 38.3 Å². The highest BCUT2D eigenvalue weighted by Gasteiger charge is 2.36. The molecule has 1 aliphatic heterocycles. The molecule has 1 unspecified atom stereocenters. The number of benzene rings is 3. The number of nitrogens with one attached hydrogen (secondary N) is 1. The van der Waals surface area contributed by atoms with Gasteiger partial charge >= 0.3 is 12.1 Å². The molecular formula is C29H28N2O8. The highest BCUT2D eigenvalue weighted by molar-refractivity contribution is 6.20. The fourth-order valence-electron chi connectivity index (χ4n) is 3.89. The molecule has 0 radical (unpaired) electrons. The number of hydroxylamine groups is 2. The summed E-state index contributed by atoms with van der Waals surface area (Å²) in [6.07, 6.45) is -0.0894. The fraction of sp³-hybridized carbons (Fsp3) is 0.241. The number of ether oxygens (including phenoxy) is 3. The summed E-state index contributed by atoms with van der Waals surface area (Å²) in [5.74, 6) is -0.956. The number of methoxy groups -OCH3 is 1. The molecule has 10 nitrogen and oxygen atoms in total. The van der Waals surface area contributed by atoms with Crippen molar-refractivity contribution in [1.29, 1.82) is 0 Å². The molecule has 3 aromatic carbocycles. The lowest BCUT2D eigenvalue weighted by Gasteiger charge is -2.17. The minimum Gasteiger partial charge on any atom is -0.494 e. The lowest BCUT2D eigenvalue weighted by atomic mass is 10.1. The predicted molar refractivity (Wildman–Crippen MR) is 139 cm³/mol. The largest absolute Gasteiger partial charge is 0.494 e. The van der Waals surface area contributed by atoms with E-state index in [-0.39, 0.29) is 19.6 Å². The summed E-state index contributed by atoms with van der Waals surface area (Å²) < 4.78 is 15.7. The van der Waals surface area contributed by atoms with E-state index in [0.29, 0.717) is 29.9 Å². The van der Waals surface area contributed by atoms with Crippen LogP contribution < -0.4 is 10.1 Å². The highest BCUT2D eigenvalue weighted by atomic mass is 16.7. The van der Waals surface area contributed by atoms with Crippen molar-refractivity contribution in [3.05, 3.63) is 101 Å². The molecule has 0 aromatic heterocycles. The second-order valence-corrected chi connectivity index (χ2v) is 8.62. The summed E-state index contributed by atoms with van der Waals surface area (Å²) in [6, 6.07) is 21.9. The fourth-order valence-corrected chi connectivity index (χ4v) is 3.89. The first-order chi connectivity index (χ1) is 19.0. The van der Waals surface area contributed by atoms with Crippen molar-refractivity contribution < 1.29 is 38.2 Å². The van der Waals surface area contributed by atoms with E-state index < -0.39 is 29.9 Å². The second kappa shape index (κ2) is 13.2. The van der Waals surface area contributed by atoms with Gasteiger partial charge in [0.15, 0.2) is 0 Å². The number of rotatable bonds is 12. The van der Waals surface area contributed by atoms with Crippen LogP contribution in [0.15, 0.2) is 78.9 Å². The lowest BCUT2D eigenvalue weighted by Crippen LogP contribution is -2.43. The van der Waals surface area contributed by atoms with Crippen molar-refractivity contribution in [2.45, 2.75) is 25.5 Å². The standard InChI is InChI=1S/C29H28N2O8/c1-36-28(34)25(30-29(35)38-19-21-8-3-2-4-9-21)18-20-12-14-22(15-13-20)37-16-7-17-39-31-26(32)23-10-5-6-11-24(23)27(31)33/h2-6,8-15,25H,7,16-19H2,1H3,(H,30,35). The number of nitrogens with zero attached hydrogens (tertiary/aromatic N) is 1. The first-order valence-electron chi connectivity index (χ1n) is 12.3. The molecule has 1 aliphatic rings. The van der Waals surface area contributed by atoms with Gasteiger partial charge in [0, 0.05) is 12.8 Å². The van der Waals surface area contributed by atoms with Crippen molar-refractivity contribution in [3.63, 3.8) is 0 Å². The average molecular weight is 533 g/mol. The third-order valence-corrected chi connectivity index (χ3v) is 5.89. The van der Waals surface area contributed by atoms with Gasteiger partial charge in [-0.2, -0.15) is 0 Å². The molecule has 10 heteroatoms. The van der Waals surface area contributed by atoms with Crippen LogP contribution in [0.25, 0.3) is 0 Å². The van der Waals surface area contributed by atoms with E-state index in [1.807, 2.05) is 30.3 Å². The highest BCUT2D eigenvalue weighted by Crippen LogP contribution is 2.22. The molecule has 0 saturated carbocycles.